The lowest BCUT2D eigenvalue weighted by Crippen LogP contribution is -2.47. The second-order valence-corrected chi connectivity index (χ2v) is 5.79. The van der Waals surface area contributed by atoms with Gasteiger partial charge in [-0.15, -0.1) is 0 Å². The molecule has 3 nitrogen and oxygen atoms in total. The van der Waals surface area contributed by atoms with Gasteiger partial charge < -0.3 is 15.0 Å². The topological polar surface area (TPSA) is 24.5 Å². The van der Waals surface area contributed by atoms with Gasteiger partial charge in [0.05, 0.1) is 18.8 Å². The summed E-state index contributed by atoms with van der Waals surface area (Å²) >= 11 is 3.41. The number of morpholine rings is 1. The van der Waals surface area contributed by atoms with Gasteiger partial charge in [0.2, 0.25) is 0 Å². The highest BCUT2D eigenvalue weighted by molar-refractivity contribution is 9.10. The lowest BCUT2D eigenvalue weighted by Gasteiger charge is -2.36. The number of hydrogen-bond donors (Lipinski definition) is 1. The average molecular weight is 331 g/mol. The van der Waals surface area contributed by atoms with E-state index in [1.165, 1.54) is 6.07 Å². The van der Waals surface area contributed by atoms with E-state index in [2.05, 4.69) is 33.2 Å². The fourth-order valence-corrected chi connectivity index (χ4v) is 2.81. The van der Waals surface area contributed by atoms with Gasteiger partial charge in [-0.2, -0.15) is 0 Å². The number of likely N-dealkylation sites (N-methyl/N-ethyl adjacent to an activating group) is 2. The number of nitrogens with one attached hydrogen (secondary N) is 1. The maximum atomic E-state index is 14.1. The third kappa shape index (κ3) is 3.75. The van der Waals surface area contributed by atoms with Crippen LogP contribution in [0, 0.1) is 5.82 Å². The minimum atomic E-state index is -0.189. The van der Waals surface area contributed by atoms with Crippen molar-refractivity contribution in [1.29, 1.82) is 0 Å². The Morgan fingerprint density at radius 2 is 2.37 bits per heavy atom. The summed E-state index contributed by atoms with van der Waals surface area (Å²) in [6.45, 7) is 5.23. The zero-order valence-corrected chi connectivity index (χ0v) is 12.9. The summed E-state index contributed by atoms with van der Waals surface area (Å²) in [5.74, 6) is -0.189. The lowest BCUT2D eigenvalue weighted by molar-refractivity contribution is -0.0395. The molecular weight excluding hydrogens is 311 g/mol. The number of nitrogens with zero attached hydrogens (tertiary/aromatic N) is 1. The fraction of sp³-hybridized carbons (Fsp3) is 0.571. The quantitative estimate of drug-likeness (QED) is 0.918. The van der Waals surface area contributed by atoms with Gasteiger partial charge in [0.1, 0.15) is 5.82 Å². The first-order valence-corrected chi connectivity index (χ1v) is 7.39. The lowest BCUT2D eigenvalue weighted by atomic mass is 9.99. The van der Waals surface area contributed by atoms with Gasteiger partial charge in [-0.05, 0) is 31.8 Å². The molecule has 19 heavy (non-hydrogen) atoms. The summed E-state index contributed by atoms with van der Waals surface area (Å²) in [6, 6.07) is 4.93. The molecule has 1 aliphatic rings. The molecule has 0 aliphatic carbocycles. The van der Waals surface area contributed by atoms with Crippen molar-refractivity contribution in [3.8, 4) is 0 Å². The standard InChI is InChI=1S/C14H20BrFN2O/c1-3-17-14(13-9-18(2)6-7-19-13)11-8-10(15)4-5-12(11)16/h4-5,8,13-14,17H,3,6-7,9H2,1-2H3. The van der Waals surface area contributed by atoms with Crippen molar-refractivity contribution in [2.24, 2.45) is 0 Å². The van der Waals surface area contributed by atoms with Gasteiger partial charge in [-0.1, -0.05) is 22.9 Å². The molecule has 1 aromatic rings. The summed E-state index contributed by atoms with van der Waals surface area (Å²) in [6.07, 6.45) is -0.0255. The molecule has 106 valence electrons. The highest BCUT2D eigenvalue weighted by Gasteiger charge is 2.29. The summed E-state index contributed by atoms with van der Waals surface area (Å²) in [5, 5.41) is 3.34. The first-order valence-electron chi connectivity index (χ1n) is 6.60. The van der Waals surface area contributed by atoms with Crippen LogP contribution in [-0.4, -0.2) is 44.3 Å². The summed E-state index contributed by atoms with van der Waals surface area (Å²) in [7, 11) is 2.07. The molecule has 0 radical (unpaired) electrons. The van der Waals surface area contributed by atoms with E-state index in [-0.39, 0.29) is 18.0 Å². The Balaban J connectivity index is 2.25. The number of hydrogen-bond acceptors (Lipinski definition) is 3. The van der Waals surface area contributed by atoms with Crippen molar-refractivity contribution >= 4 is 15.9 Å². The SMILES string of the molecule is CCNC(c1cc(Br)ccc1F)C1CN(C)CCO1. The van der Waals surface area contributed by atoms with Crippen LogP contribution in [0.25, 0.3) is 0 Å². The fourth-order valence-electron chi connectivity index (χ4n) is 2.43. The van der Waals surface area contributed by atoms with Crippen molar-refractivity contribution < 1.29 is 9.13 Å². The number of halogens is 2. The zero-order valence-electron chi connectivity index (χ0n) is 11.3. The molecule has 0 spiro atoms. The van der Waals surface area contributed by atoms with Crippen LogP contribution in [0.15, 0.2) is 22.7 Å². The normalized spacial score (nSPS) is 22.4. The van der Waals surface area contributed by atoms with Crippen LogP contribution < -0.4 is 5.32 Å². The van der Waals surface area contributed by atoms with Crippen LogP contribution >= 0.6 is 15.9 Å². The van der Waals surface area contributed by atoms with E-state index in [1.54, 1.807) is 6.07 Å². The predicted molar refractivity (Wildman–Crippen MR) is 77.8 cm³/mol. The molecule has 1 aromatic carbocycles. The summed E-state index contributed by atoms with van der Waals surface area (Å²) in [4.78, 5) is 2.22. The van der Waals surface area contributed by atoms with E-state index >= 15 is 0 Å². The smallest absolute Gasteiger partial charge is 0.128 e. The summed E-state index contributed by atoms with van der Waals surface area (Å²) < 4.78 is 20.8. The Kier molecular flexibility index (Phi) is 5.33. The molecule has 2 unspecified atom stereocenters. The highest BCUT2D eigenvalue weighted by atomic mass is 79.9. The molecule has 2 rings (SSSR count). The molecule has 2 atom stereocenters. The predicted octanol–water partition coefficient (Wildman–Crippen LogP) is 2.57. The minimum Gasteiger partial charge on any atom is -0.374 e. The Morgan fingerprint density at radius 1 is 1.58 bits per heavy atom. The van der Waals surface area contributed by atoms with Crippen LogP contribution in [0.4, 0.5) is 4.39 Å². The van der Waals surface area contributed by atoms with E-state index in [1.807, 2.05) is 13.0 Å². The number of rotatable bonds is 4. The van der Waals surface area contributed by atoms with Gasteiger partial charge in [0.15, 0.2) is 0 Å². The van der Waals surface area contributed by atoms with Crippen LogP contribution in [0.3, 0.4) is 0 Å². The van der Waals surface area contributed by atoms with Crippen LogP contribution in [0.5, 0.6) is 0 Å². The van der Waals surface area contributed by atoms with E-state index in [0.29, 0.717) is 12.2 Å². The van der Waals surface area contributed by atoms with Crippen LogP contribution in [0.2, 0.25) is 0 Å². The molecule has 5 heteroatoms. The molecule has 0 saturated carbocycles. The van der Waals surface area contributed by atoms with Crippen molar-refractivity contribution in [1.82, 2.24) is 10.2 Å². The zero-order chi connectivity index (χ0) is 13.8. The third-order valence-electron chi connectivity index (χ3n) is 3.39. The molecule has 0 aromatic heterocycles. The van der Waals surface area contributed by atoms with Crippen molar-refractivity contribution in [3.63, 3.8) is 0 Å². The Bertz CT molecular complexity index is 430. The molecule has 1 fully saturated rings. The first-order chi connectivity index (χ1) is 9.11. The van der Waals surface area contributed by atoms with Gasteiger partial charge in [0, 0.05) is 23.1 Å². The molecule has 1 heterocycles. The largest absolute Gasteiger partial charge is 0.374 e. The second kappa shape index (κ2) is 6.79. The molecule has 0 amide bonds. The van der Waals surface area contributed by atoms with Gasteiger partial charge in [-0.25, -0.2) is 4.39 Å². The maximum absolute atomic E-state index is 14.1. The van der Waals surface area contributed by atoms with Gasteiger partial charge in [0.25, 0.3) is 0 Å². The molecule has 1 N–H and O–H groups in total. The Morgan fingerprint density at radius 3 is 3.05 bits per heavy atom. The minimum absolute atomic E-state index is 0.0255. The van der Waals surface area contributed by atoms with Crippen molar-refractivity contribution in [2.45, 2.75) is 19.1 Å². The highest BCUT2D eigenvalue weighted by Crippen LogP contribution is 2.27. The van der Waals surface area contributed by atoms with Gasteiger partial charge >= 0.3 is 0 Å². The van der Waals surface area contributed by atoms with Crippen molar-refractivity contribution in [3.05, 3.63) is 34.1 Å². The second-order valence-electron chi connectivity index (χ2n) is 4.87. The van der Waals surface area contributed by atoms with E-state index in [4.69, 9.17) is 4.74 Å². The van der Waals surface area contributed by atoms with E-state index in [0.717, 1.165) is 24.1 Å². The van der Waals surface area contributed by atoms with E-state index < -0.39 is 0 Å². The molecule has 1 saturated heterocycles. The Labute approximate surface area is 122 Å². The van der Waals surface area contributed by atoms with Crippen LogP contribution in [0.1, 0.15) is 18.5 Å². The van der Waals surface area contributed by atoms with Gasteiger partial charge in [-0.3, -0.25) is 0 Å². The first kappa shape index (κ1) is 14.9. The summed E-state index contributed by atoms with van der Waals surface area (Å²) in [5.41, 5.74) is 0.663. The third-order valence-corrected chi connectivity index (χ3v) is 3.88. The molecule has 0 bridgehead atoms. The number of benzene rings is 1. The maximum Gasteiger partial charge on any atom is 0.128 e. The molecule has 1 aliphatic heterocycles. The van der Waals surface area contributed by atoms with Crippen LogP contribution in [-0.2, 0) is 4.74 Å². The Hall–Kier alpha value is -0.490. The molecular formula is C14H20BrFN2O. The monoisotopic (exact) mass is 330 g/mol. The van der Waals surface area contributed by atoms with E-state index in [9.17, 15) is 4.39 Å². The number of ether oxygens (including phenoxy) is 1. The van der Waals surface area contributed by atoms with Crippen molar-refractivity contribution in [2.75, 3.05) is 33.3 Å². The average Bonchev–Trinajstić information content (AvgIpc) is 2.39.